The Balaban J connectivity index is 1.44. The van der Waals surface area contributed by atoms with E-state index in [1.54, 1.807) is 11.3 Å². The summed E-state index contributed by atoms with van der Waals surface area (Å²) in [5.74, 6) is 0.602. The maximum atomic E-state index is 12.5. The van der Waals surface area contributed by atoms with Gasteiger partial charge in [0.1, 0.15) is 0 Å². The van der Waals surface area contributed by atoms with E-state index in [1.165, 1.54) is 24.1 Å². The van der Waals surface area contributed by atoms with Crippen molar-refractivity contribution in [1.29, 1.82) is 0 Å². The van der Waals surface area contributed by atoms with Crippen LogP contribution in [0.4, 0.5) is 0 Å². The highest BCUT2D eigenvalue weighted by Crippen LogP contribution is 2.23. The van der Waals surface area contributed by atoms with Gasteiger partial charge in [-0.05, 0) is 48.8 Å². The summed E-state index contributed by atoms with van der Waals surface area (Å²) in [6.07, 6.45) is 5.81. The van der Waals surface area contributed by atoms with Crippen LogP contribution in [0, 0.1) is 5.92 Å². The number of carbonyl (C=O) groups is 1. The molecule has 0 aromatic carbocycles. The fraction of sp³-hybridized carbons (Fsp3) is 0.727. The van der Waals surface area contributed by atoms with E-state index in [2.05, 4.69) is 44.9 Å². The smallest absolute Gasteiger partial charge is 0.239 e. The lowest BCUT2D eigenvalue weighted by Gasteiger charge is -2.30. The van der Waals surface area contributed by atoms with Crippen LogP contribution in [0.15, 0.2) is 17.5 Å². The number of amides is 1. The predicted molar refractivity (Wildman–Crippen MR) is 127 cm³/mol. The standard InChI is InChI=1S/C22H36N4O2S2/c1-18-6-2-3-8-20(18)24-21(27)16-23-22(29)26(17-19-7-4-15-30-19)10-5-9-25-11-13-28-14-12-25/h4,7,15,18,20H,2-3,5-6,8-14,16-17H2,1H3,(H,23,29)(H,24,27)/t18-,20-/m1/s1. The van der Waals surface area contributed by atoms with Crippen molar-refractivity contribution in [2.24, 2.45) is 5.92 Å². The molecule has 3 rings (SSSR count). The van der Waals surface area contributed by atoms with Gasteiger partial charge in [0.05, 0.1) is 26.3 Å². The highest BCUT2D eigenvalue weighted by molar-refractivity contribution is 7.80. The van der Waals surface area contributed by atoms with Gasteiger partial charge in [0.2, 0.25) is 5.91 Å². The van der Waals surface area contributed by atoms with Crippen LogP contribution in [0.5, 0.6) is 0 Å². The Labute approximate surface area is 190 Å². The fourth-order valence-electron chi connectivity index (χ4n) is 4.21. The van der Waals surface area contributed by atoms with Crippen molar-refractivity contribution >= 4 is 34.6 Å². The van der Waals surface area contributed by atoms with Gasteiger partial charge in [-0.3, -0.25) is 9.69 Å². The third-order valence-corrected chi connectivity index (χ3v) is 7.34. The molecule has 2 fully saturated rings. The molecule has 1 aromatic rings. The van der Waals surface area contributed by atoms with Crippen LogP contribution in [0.2, 0.25) is 0 Å². The first kappa shape index (κ1) is 23.4. The number of thiophene rings is 1. The van der Waals surface area contributed by atoms with Gasteiger partial charge in [-0.1, -0.05) is 25.8 Å². The molecule has 0 spiro atoms. The number of ether oxygens (including phenoxy) is 1. The van der Waals surface area contributed by atoms with Gasteiger partial charge in [-0.2, -0.15) is 0 Å². The molecule has 8 heteroatoms. The Morgan fingerprint density at radius 3 is 2.87 bits per heavy atom. The molecule has 6 nitrogen and oxygen atoms in total. The normalized spacial score (nSPS) is 22.4. The average molecular weight is 453 g/mol. The molecule has 0 unspecified atom stereocenters. The second-order valence-electron chi connectivity index (χ2n) is 8.40. The van der Waals surface area contributed by atoms with E-state index in [0.717, 1.165) is 58.8 Å². The SMILES string of the molecule is C[C@@H]1CCCC[C@H]1NC(=O)CNC(=S)N(CCCN1CCOCC1)Cc1cccs1. The summed E-state index contributed by atoms with van der Waals surface area (Å²) >= 11 is 7.41. The summed E-state index contributed by atoms with van der Waals surface area (Å²) in [4.78, 5) is 18.4. The third kappa shape index (κ3) is 7.80. The molecule has 1 saturated carbocycles. The highest BCUT2D eigenvalue weighted by atomic mass is 32.1. The van der Waals surface area contributed by atoms with Crippen LogP contribution in [0.25, 0.3) is 0 Å². The minimum Gasteiger partial charge on any atom is -0.379 e. The van der Waals surface area contributed by atoms with Gasteiger partial charge in [0, 0.05) is 37.1 Å². The lowest BCUT2D eigenvalue weighted by Crippen LogP contribution is -2.48. The lowest BCUT2D eigenvalue weighted by molar-refractivity contribution is -0.121. The Bertz CT molecular complexity index is 650. The zero-order chi connectivity index (χ0) is 21.2. The molecular formula is C22H36N4O2S2. The van der Waals surface area contributed by atoms with E-state index >= 15 is 0 Å². The van der Waals surface area contributed by atoms with Crippen LogP contribution in [0.3, 0.4) is 0 Å². The van der Waals surface area contributed by atoms with Crippen molar-refractivity contribution in [1.82, 2.24) is 20.4 Å². The summed E-state index contributed by atoms with van der Waals surface area (Å²) in [6, 6.07) is 4.51. The molecule has 0 radical (unpaired) electrons. The number of carbonyl (C=O) groups excluding carboxylic acids is 1. The lowest BCUT2D eigenvalue weighted by atomic mass is 9.86. The number of rotatable bonds is 9. The number of hydrogen-bond acceptors (Lipinski definition) is 5. The summed E-state index contributed by atoms with van der Waals surface area (Å²) in [6.45, 7) is 8.86. The zero-order valence-corrected chi connectivity index (χ0v) is 19.7. The van der Waals surface area contributed by atoms with Crippen LogP contribution in [-0.2, 0) is 16.1 Å². The Kier molecular flexibility index (Phi) is 9.84. The van der Waals surface area contributed by atoms with Gasteiger partial charge in [0.15, 0.2) is 5.11 Å². The van der Waals surface area contributed by atoms with Crippen molar-refractivity contribution in [3.63, 3.8) is 0 Å². The first-order chi connectivity index (χ1) is 14.6. The zero-order valence-electron chi connectivity index (χ0n) is 18.1. The minimum absolute atomic E-state index is 0.0421. The molecule has 2 N–H and O–H groups in total. The number of hydrogen-bond donors (Lipinski definition) is 2. The van der Waals surface area contributed by atoms with Gasteiger partial charge in [-0.15, -0.1) is 11.3 Å². The second kappa shape index (κ2) is 12.6. The van der Waals surface area contributed by atoms with Gasteiger partial charge in [0.25, 0.3) is 0 Å². The molecule has 2 aliphatic rings. The third-order valence-electron chi connectivity index (χ3n) is 6.08. The monoisotopic (exact) mass is 452 g/mol. The van der Waals surface area contributed by atoms with Gasteiger partial charge >= 0.3 is 0 Å². The van der Waals surface area contributed by atoms with E-state index in [-0.39, 0.29) is 12.5 Å². The minimum atomic E-state index is 0.0421. The molecule has 1 aromatic heterocycles. The molecule has 168 valence electrons. The van der Waals surface area contributed by atoms with Crippen LogP contribution >= 0.6 is 23.6 Å². The van der Waals surface area contributed by atoms with E-state index in [0.29, 0.717) is 17.1 Å². The fourth-order valence-corrected chi connectivity index (χ4v) is 5.16. The van der Waals surface area contributed by atoms with Crippen molar-refractivity contribution in [2.75, 3.05) is 45.9 Å². The molecule has 1 saturated heterocycles. The largest absolute Gasteiger partial charge is 0.379 e. The number of nitrogens with zero attached hydrogens (tertiary/aromatic N) is 2. The number of thiocarbonyl (C=S) groups is 1. The topological polar surface area (TPSA) is 56.8 Å². The Morgan fingerprint density at radius 2 is 2.13 bits per heavy atom. The van der Waals surface area contributed by atoms with Crippen molar-refractivity contribution in [2.45, 2.75) is 51.6 Å². The second-order valence-corrected chi connectivity index (χ2v) is 9.82. The van der Waals surface area contributed by atoms with Crippen LogP contribution in [0.1, 0.15) is 43.9 Å². The Morgan fingerprint density at radius 1 is 1.33 bits per heavy atom. The summed E-state index contributed by atoms with van der Waals surface area (Å²) in [5.41, 5.74) is 0. The molecule has 30 heavy (non-hydrogen) atoms. The van der Waals surface area contributed by atoms with E-state index < -0.39 is 0 Å². The van der Waals surface area contributed by atoms with E-state index in [4.69, 9.17) is 17.0 Å². The maximum absolute atomic E-state index is 12.5. The molecule has 2 atom stereocenters. The van der Waals surface area contributed by atoms with Crippen LogP contribution < -0.4 is 10.6 Å². The predicted octanol–water partition coefficient (Wildman–Crippen LogP) is 2.84. The molecule has 1 amide bonds. The first-order valence-electron chi connectivity index (χ1n) is 11.3. The van der Waals surface area contributed by atoms with Gasteiger partial charge < -0.3 is 20.3 Å². The van der Waals surface area contributed by atoms with Crippen molar-refractivity contribution in [3.8, 4) is 0 Å². The highest BCUT2D eigenvalue weighted by Gasteiger charge is 2.23. The average Bonchev–Trinajstić information content (AvgIpc) is 3.27. The van der Waals surface area contributed by atoms with Gasteiger partial charge in [-0.25, -0.2) is 0 Å². The summed E-state index contributed by atoms with van der Waals surface area (Å²) in [5, 5.41) is 9.16. The molecule has 0 bridgehead atoms. The summed E-state index contributed by atoms with van der Waals surface area (Å²) in [7, 11) is 0. The number of morpholine rings is 1. The van der Waals surface area contributed by atoms with Crippen molar-refractivity contribution < 1.29 is 9.53 Å². The quantitative estimate of drug-likeness (QED) is 0.562. The molecule has 2 heterocycles. The van der Waals surface area contributed by atoms with Crippen LogP contribution in [-0.4, -0.2) is 72.8 Å². The Hall–Kier alpha value is -1.22. The summed E-state index contributed by atoms with van der Waals surface area (Å²) < 4.78 is 5.43. The van der Waals surface area contributed by atoms with E-state index in [9.17, 15) is 4.79 Å². The maximum Gasteiger partial charge on any atom is 0.239 e. The van der Waals surface area contributed by atoms with Crippen molar-refractivity contribution in [3.05, 3.63) is 22.4 Å². The molecule has 1 aliphatic heterocycles. The number of nitrogens with one attached hydrogen (secondary N) is 2. The molecule has 1 aliphatic carbocycles. The van der Waals surface area contributed by atoms with E-state index in [1.807, 2.05) is 0 Å². The first-order valence-corrected chi connectivity index (χ1v) is 12.5. The molecular weight excluding hydrogens is 416 g/mol.